The summed E-state index contributed by atoms with van der Waals surface area (Å²) in [5, 5.41) is 4.17. The second-order valence-corrected chi connectivity index (χ2v) is 8.20. The van der Waals surface area contributed by atoms with E-state index >= 15 is 0 Å². The fourth-order valence-corrected chi connectivity index (χ4v) is 4.61. The first-order chi connectivity index (χ1) is 13.2. The Morgan fingerprint density at radius 3 is 2.59 bits per heavy atom. The number of likely N-dealkylation sites (tertiary alicyclic amines) is 1. The lowest BCUT2D eigenvalue weighted by Crippen LogP contribution is -2.41. The Labute approximate surface area is 166 Å². The molecule has 0 unspecified atom stereocenters. The molecule has 1 aliphatic carbocycles. The molecule has 2 aliphatic rings. The fraction of sp³-hybridized carbons (Fsp3) is 0.435. The Hall–Kier alpha value is -1.84. The van der Waals surface area contributed by atoms with Gasteiger partial charge in [-0.1, -0.05) is 54.1 Å². The van der Waals surface area contributed by atoms with Gasteiger partial charge in [0.25, 0.3) is 0 Å². The van der Waals surface area contributed by atoms with Gasteiger partial charge in [0.2, 0.25) is 5.91 Å². The molecule has 142 valence electrons. The number of halogens is 1. The van der Waals surface area contributed by atoms with E-state index in [0.717, 1.165) is 56.8 Å². The Bertz CT molecular complexity index is 798. The number of hydrogen-bond donors (Lipinski definition) is 1. The molecule has 0 radical (unpaired) electrons. The summed E-state index contributed by atoms with van der Waals surface area (Å²) in [7, 11) is 0. The maximum Gasteiger partial charge on any atom is 0.223 e. The molecule has 4 heteroatoms. The third kappa shape index (κ3) is 4.36. The summed E-state index contributed by atoms with van der Waals surface area (Å²) < 4.78 is 0. The van der Waals surface area contributed by atoms with Gasteiger partial charge in [-0.25, -0.2) is 0 Å². The SMILES string of the molecule is O=C(N[C@H]1CCCc2ccccc21)C1CCN(Cc2ccccc2Cl)CC1. The van der Waals surface area contributed by atoms with Crippen LogP contribution in [0.2, 0.25) is 5.02 Å². The molecule has 4 rings (SSSR count). The number of aryl methyl sites for hydroxylation is 1. The highest BCUT2D eigenvalue weighted by Gasteiger charge is 2.28. The van der Waals surface area contributed by atoms with E-state index in [1.807, 2.05) is 18.2 Å². The van der Waals surface area contributed by atoms with Crippen molar-refractivity contribution in [3.05, 3.63) is 70.2 Å². The van der Waals surface area contributed by atoms with Crippen molar-refractivity contribution in [1.29, 1.82) is 0 Å². The Morgan fingerprint density at radius 2 is 1.78 bits per heavy atom. The van der Waals surface area contributed by atoms with Gasteiger partial charge in [-0.15, -0.1) is 0 Å². The minimum Gasteiger partial charge on any atom is -0.349 e. The molecule has 1 atom stereocenters. The van der Waals surface area contributed by atoms with Gasteiger partial charge in [0, 0.05) is 17.5 Å². The van der Waals surface area contributed by atoms with Crippen LogP contribution in [0.4, 0.5) is 0 Å². The topological polar surface area (TPSA) is 32.3 Å². The zero-order chi connectivity index (χ0) is 18.6. The standard InChI is InChI=1S/C23H27ClN2O/c24-21-10-4-2-7-19(21)16-26-14-12-18(13-15-26)23(27)25-22-11-5-8-17-6-1-3-9-20(17)22/h1-4,6-7,9-10,18,22H,5,8,11-16H2,(H,25,27)/t22-/m0/s1. The van der Waals surface area contributed by atoms with Crippen molar-refractivity contribution >= 4 is 17.5 Å². The van der Waals surface area contributed by atoms with Crippen molar-refractivity contribution in [2.75, 3.05) is 13.1 Å². The minimum absolute atomic E-state index is 0.126. The van der Waals surface area contributed by atoms with Crippen LogP contribution in [-0.4, -0.2) is 23.9 Å². The van der Waals surface area contributed by atoms with E-state index in [0.29, 0.717) is 0 Å². The predicted molar refractivity (Wildman–Crippen MR) is 110 cm³/mol. The Morgan fingerprint density at radius 1 is 1.04 bits per heavy atom. The number of nitrogens with one attached hydrogen (secondary N) is 1. The lowest BCUT2D eigenvalue weighted by molar-refractivity contribution is -0.127. The quantitative estimate of drug-likeness (QED) is 0.827. The van der Waals surface area contributed by atoms with E-state index in [2.05, 4.69) is 40.5 Å². The molecule has 27 heavy (non-hydrogen) atoms. The highest BCUT2D eigenvalue weighted by Crippen LogP contribution is 2.30. The van der Waals surface area contributed by atoms with Crippen LogP contribution in [0.5, 0.6) is 0 Å². The first-order valence-corrected chi connectivity index (χ1v) is 10.4. The second-order valence-electron chi connectivity index (χ2n) is 7.79. The molecule has 1 fully saturated rings. The molecule has 1 saturated heterocycles. The molecule has 2 aromatic rings. The van der Waals surface area contributed by atoms with Crippen molar-refractivity contribution in [2.45, 2.75) is 44.7 Å². The van der Waals surface area contributed by atoms with Gasteiger partial charge < -0.3 is 5.32 Å². The molecule has 1 aliphatic heterocycles. The number of benzene rings is 2. The summed E-state index contributed by atoms with van der Waals surface area (Å²) in [5.74, 6) is 0.357. The highest BCUT2D eigenvalue weighted by molar-refractivity contribution is 6.31. The number of piperidine rings is 1. The van der Waals surface area contributed by atoms with Crippen LogP contribution < -0.4 is 5.32 Å². The monoisotopic (exact) mass is 382 g/mol. The number of hydrogen-bond acceptors (Lipinski definition) is 2. The van der Waals surface area contributed by atoms with Crippen LogP contribution in [-0.2, 0) is 17.8 Å². The van der Waals surface area contributed by atoms with Crippen molar-refractivity contribution in [3.8, 4) is 0 Å². The molecule has 3 nitrogen and oxygen atoms in total. The number of carbonyl (C=O) groups is 1. The lowest BCUT2D eigenvalue weighted by Gasteiger charge is -2.33. The van der Waals surface area contributed by atoms with Gasteiger partial charge in [0.1, 0.15) is 0 Å². The van der Waals surface area contributed by atoms with Crippen molar-refractivity contribution in [3.63, 3.8) is 0 Å². The summed E-state index contributed by atoms with van der Waals surface area (Å²) >= 11 is 6.28. The third-order valence-corrected chi connectivity index (χ3v) is 6.36. The zero-order valence-corrected chi connectivity index (χ0v) is 16.4. The highest BCUT2D eigenvalue weighted by atomic mass is 35.5. The Balaban J connectivity index is 1.31. The molecule has 0 spiro atoms. The smallest absolute Gasteiger partial charge is 0.223 e. The predicted octanol–water partition coefficient (Wildman–Crippen LogP) is 4.75. The van der Waals surface area contributed by atoms with E-state index in [4.69, 9.17) is 11.6 Å². The molecule has 2 aromatic carbocycles. The van der Waals surface area contributed by atoms with E-state index < -0.39 is 0 Å². The minimum atomic E-state index is 0.126. The number of amides is 1. The van der Waals surface area contributed by atoms with Crippen LogP contribution in [0, 0.1) is 5.92 Å². The van der Waals surface area contributed by atoms with Crippen LogP contribution in [0.3, 0.4) is 0 Å². The first-order valence-electron chi connectivity index (χ1n) is 10.0. The first kappa shape index (κ1) is 18.5. The fourth-order valence-electron chi connectivity index (χ4n) is 4.41. The molecule has 0 bridgehead atoms. The summed E-state index contributed by atoms with van der Waals surface area (Å²) in [4.78, 5) is 15.2. The number of fused-ring (bicyclic) bond motifs is 1. The van der Waals surface area contributed by atoms with E-state index in [1.165, 1.54) is 16.7 Å². The largest absolute Gasteiger partial charge is 0.349 e. The summed E-state index contributed by atoms with van der Waals surface area (Å²) in [6, 6.07) is 16.8. The van der Waals surface area contributed by atoms with Gasteiger partial charge in [0.05, 0.1) is 6.04 Å². The van der Waals surface area contributed by atoms with Crippen molar-refractivity contribution in [1.82, 2.24) is 10.2 Å². The maximum absolute atomic E-state index is 12.8. The molecule has 1 heterocycles. The Kier molecular flexibility index (Phi) is 5.80. The number of rotatable bonds is 4. The molecule has 1 N–H and O–H groups in total. The maximum atomic E-state index is 12.8. The molecular formula is C23H27ClN2O. The van der Waals surface area contributed by atoms with Crippen LogP contribution in [0.15, 0.2) is 48.5 Å². The average molecular weight is 383 g/mol. The van der Waals surface area contributed by atoms with Gasteiger partial charge in [-0.3, -0.25) is 9.69 Å². The summed E-state index contributed by atoms with van der Waals surface area (Å²) in [5.41, 5.74) is 3.87. The number of carbonyl (C=O) groups excluding carboxylic acids is 1. The number of nitrogens with zero attached hydrogens (tertiary/aromatic N) is 1. The average Bonchev–Trinajstić information content (AvgIpc) is 2.70. The lowest BCUT2D eigenvalue weighted by atomic mass is 9.87. The molecule has 0 saturated carbocycles. The molecule has 1 amide bonds. The van der Waals surface area contributed by atoms with Crippen LogP contribution in [0.25, 0.3) is 0 Å². The molecule has 0 aromatic heterocycles. The van der Waals surface area contributed by atoms with Crippen molar-refractivity contribution < 1.29 is 4.79 Å². The van der Waals surface area contributed by atoms with Crippen molar-refractivity contribution in [2.24, 2.45) is 5.92 Å². The third-order valence-electron chi connectivity index (χ3n) is 6.00. The van der Waals surface area contributed by atoms with Crippen LogP contribution >= 0.6 is 11.6 Å². The second kappa shape index (κ2) is 8.45. The van der Waals surface area contributed by atoms with E-state index in [1.54, 1.807) is 0 Å². The van der Waals surface area contributed by atoms with E-state index in [-0.39, 0.29) is 17.9 Å². The summed E-state index contributed by atoms with van der Waals surface area (Å²) in [6.45, 7) is 2.76. The van der Waals surface area contributed by atoms with Gasteiger partial charge >= 0.3 is 0 Å². The van der Waals surface area contributed by atoms with E-state index in [9.17, 15) is 4.79 Å². The van der Waals surface area contributed by atoms with Gasteiger partial charge in [0.15, 0.2) is 0 Å². The van der Waals surface area contributed by atoms with Gasteiger partial charge in [-0.05, 0) is 68.0 Å². The van der Waals surface area contributed by atoms with Gasteiger partial charge in [-0.2, -0.15) is 0 Å². The molecular weight excluding hydrogens is 356 g/mol. The summed E-state index contributed by atoms with van der Waals surface area (Å²) in [6.07, 6.45) is 5.17. The zero-order valence-electron chi connectivity index (χ0n) is 15.7. The normalized spacial score (nSPS) is 20.9. The van der Waals surface area contributed by atoms with Crippen LogP contribution in [0.1, 0.15) is 48.4 Å².